The fourth-order valence-electron chi connectivity index (χ4n) is 5.10. The van der Waals surface area contributed by atoms with Crippen molar-refractivity contribution in [2.75, 3.05) is 31.1 Å². The van der Waals surface area contributed by atoms with E-state index in [4.69, 9.17) is 0 Å². The van der Waals surface area contributed by atoms with Crippen molar-refractivity contribution < 1.29 is 22.9 Å². The van der Waals surface area contributed by atoms with Crippen molar-refractivity contribution in [3.8, 4) is 0 Å². The van der Waals surface area contributed by atoms with E-state index >= 15 is 0 Å². The number of nitrogens with zero attached hydrogens (tertiary/aromatic N) is 2. The molecule has 0 unspecified atom stereocenters. The van der Waals surface area contributed by atoms with Gasteiger partial charge in [-0.3, -0.25) is 9.59 Å². The molecule has 3 aromatic carbocycles. The summed E-state index contributed by atoms with van der Waals surface area (Å²) in [7, 11) is -3.63. The van der Waals surface area contributed by atoms with E-state index in [0.717, 1.165) is 26.8 Å². The Morgan fingerprint density at radius 1 is 0.882 bits per heavy atom. The van der Waals surface area contributed by atoms with Gasteiger partial charge in [-0.1, -0.05) is 48.0 Å². The summed E-state index contributed by atoms with van der Waals surface area (Å²) in [6.45, 7) is 5.47. The molecule has 34 heavy (non-hydrogen) atoms. The molecule has 2 aliphatic rings. The molecule has 0 aromatic heterocycles. The minimum Gasteiger partial charge on any atom is -0.322 e. The Bertz CT molecular complexity index is 1390. The third kappa shape index (κ3) is 3.91. The number of sulfonamides is 1. The highest BCUT2D eigenvalue weighted by Crippen LogP contribution is 2.27. The Balaban J connectivity index is 1.30. The number of fused-ring (bicyclic) bond motifs is 1. The molecule has 5 rings (SSSR count). The highest BCUT2D eigenvalue weighted by atomic mass is 32.2. The normalized spacial score (nSPS) is 20.4. The summed E-state index contributed by atoms with van der Waals surface area (Å²) in [5, 5.41) is 1.88. The number of hydrogen-bond acceptors (Lipinski definition) is 4. The number of benzene rings is 3. The molecule has 7 nitrogen and oxygen atoms in total. The first-order valence-electron chi connectivity index (χ1n) is 11.5. The van der Waals surface area contributed by atoms with Crippen LogP contribution in [-0.2, 0) is 19.6 Å². The molecule has 1 atom stereocenters. The number of rotatable bonds is 4. The Morgan fingerprint density at radius 2 is 1.59 bits per heavy atom. The van der Waals surface area contributed by atoms with Gasteiger partial charge in [0, 0.05) is 0 Å². The molecular weight excluding hydrogens is 450 g/mol. The SMILES string of the molecule is Cc1ccc(N2C(=O)C[C@H]([NH+]3CCN(S(=O)(=O)c4ccc5ccccc5c4)CC3)C2=O)c(C)c1. The largest absolute Gasteiger partial charge is 0.322 e. The van der Waals surface area contributed by atoms with E-state index in [0.29, 0.717) is 31.9 Å². The maximum atomic E-state index is 13.3. The molecule has 0 radical (unpaired) electrons. The van der Waals surface area contributed by atoms with Crippen molar-refractivity contribution >= 4 is 38.3 Å². The summed E-state index contributed by atoms with van der Waals surface area (Å²) in [5.41, 5.74) is 2.61. The molecule has 3 aromatic rings. The summed E-state index contributed by atoms with van der Waals surface area (Å²) in [5.74, 6) is -0.390. The van der Waals surface area contributed by atoms with Gasteiger partial charge >= 0.3 is 0 Å². The second-order valence-electron chi connectivity index (χ2n) is 9.19. The Hall–Kier alpha value is -3.07. The monoisotopic (exact) mass is 478 g/mol. The number of aryl methyl sites for hydroxylation is 2. The van der Waals surface area contributed by atoms with Gasteiger partial charge in [0.1, 0.15) is 0 Å². The molecule has 1 N–H and O–H groups in total. The minimum atomic E-state index is -3.63. The van der Waals surface area contributed by atoms with E-state index in [9.17, 15) is 18.0 Å². The molecule has 0 bridgehead atoms. The van der Waals surface area contributed by atoms with Crippen LogP contribution >= 0.6 is 0 Å². The van der Waals surface area contributed by atoms with Crippen molar-refractivity contribution in [3.05, 3.63) is 71.8 Å². The molecular formula is C26H28N3O4S+. The number of imide groups is 1. The number of hydrogen-bond donors (Lipinski definition) is 1. The van der Waals surface area contributed by atoms with Crippen molar-refractivity contribution in [3.63, 3.8) is 0 Å². The van der Waals surface area contributed by atoms with Gasteiger partial charge in [-0.05, 0) is 48.4 Å². The van der Waals surface area contributed by atoms with Crippen molar-refractivity contribution in [1.82, 2.24) is 4.31 Å². The Morgan fingerprint density at radius 3 is 2.29 bits per heavy atom. The topological polar surface area (TPSA) is 79.2 Å². The first-order valence-corrected chi connectivity index (χ1v) is 13.0. The number of quaternary nitrogens is 1. The number of anilines is 1. The molecule has 2 fully saturated rings. The first kappa shape index (κ1) is 22.7. The quantitative estimate of drug-likeness (QED) is 0.579. The summed E-state index contributed by atoms with van der Waals surface area (Å²) >= 11 is 0. The summed E-state index contributed by atoms with van der Waals surface area (Å²) in [6.07, 6.45) is 0.152. The third-order valence-corrected chi connectivity index (χ3v) is 8.85. The van der Waals surface area contributed by atoms with Crippen LogP contribution in [0.2, 0.25) is 0 Å². The highest BCUT2D eigenvalue weighted by molar-refractivity contribution is 7.89. The fourth-order valence-corrected chi connectivity index (χ4v) is 6.58. The lowest BCUT2D eigenvalue weighted by Crippen LogP contribution is -3.19. The Kier molecular flexibility index (Phi) is 5.75. The highest BCUT2D eigenvalue weighted by Gasteiger charge is 2.47. The molecule has 176 valence electrons. The van der Waals surface area contributed by atoms with Gasteiger partial charge in [0.2, 0.25) is 15.9 Å². The van der Waals surface area contributed by atoms with Gasteiger partial charge < -0.3 is 4.90 Å². The van der Waals surface area contributed by atoms with Crippen LogP contribution in [0.1, 0.15) is 17.5 Å². The molecule has 2 saturated heterocycles. The van der Waals surface area contributed by atoms with Crippen LogP contribution in [-0.4, -0.2) is 56.8 Å². The standard InChI is InChI=1S/C26H27N3O4S/c1-18-7-10-23(19(2)15-18)29-25(30)17-24(26(29)31)27-11-13-28(14-12-27)34(32,33)22-9-8-20-5-3-4-6-21(20)16-22/h3-10,15-16,24H,11-14,17H2,1-2H3/p+1/t24-/m0/s1. The molecule has 0 aliphatic carbocycles. The number of nitrogens with one attached hydrogen (secondary N) is 1. The van der Waals surface area contributed by atoms with Gasteiger partial charge in [0.25, 0.3) is 5.91 Å². The van der Waals surface area contributed by atoms with Crippen LogP contribution in [0.5, 0.6) is 0 Å². The van der Waals surface area contributed by atoms with E-state index in [-0.39, 0.29) is 23.1 Å². The zero-order chi connectivity index (χ0) is 24.0. The Labute approximate surface area is 199 Å². The van der Waals surface area contributed by atoms with E-state index in [1.807, 2.05) is 62.4 Å². The lowest BCUT2D eigenvalue weighted by atomic mass is 10.1. The van der Waals surface area contributed by atoms with Crippen LogP contribution < -0.4 is 9.80 Å². The molecule has 0 saturated carbocycles. The number of amides is 2. The maximum Gasteiger partial charge on any atom is 0.292 e. The van der Waals surface area contributed by atoms with Gasteiger partial charge in [0.15, 0.2) is 6.04 Å². The first-order chi connectivity index (χ1) is 16.3. The smallest absolute Gasteiger partial charge is 0.292 e. The van der Waals surface area contributed by atoms with E-state index in [1.54, 1.807) is 12.1 Å². The molecule has 0 spiro atoms. The second-order valence-corrected chi connectivity index (χ2v) is 11.1. The minimum absolute atomic E-state index is 0.152. The third-order valence-electron chi connectivity index (χ3n) is 6.96. The fraction of sp³-hybridized carbons (Fsp3) is 0.308. The molecule has 8 heteroatoms. The number of carbonyl (C=O) groups excluding carboxylic acids is 2. The van der Waals surface area contributed by atoms with E-state index in [2.05, 4.69) is 0 Å². The van der Waals surface area contributed by atoms with Crippen LogP contribution in [0.4, 0.5) is 5.69 Å². The zero-order valence-corrected chi connectivity index (χ0v) is 20.1. The lowest BCUT2D eigenvalue weighted by molar-refractivity contribution is -0.918. The zero-order valence-electron chi connectivity index (χ0n) is 19.3. The van der Waals surface area contributed by atoms with Crippen molar-refractivity contribution in [2.24, 2.45) is 0 Å². The molecule has 2 aliphatic heterocycles. The van der Waals surface area contributed by atoms with Crippen molar-refractivity contribution in [1.29, 1.82) is 0 Å². The number of piperazine rings is 1. The van der Waals surface area contributed by atoms with Gasteiger partial charge in [0.05, 0.1) is 43.2 Å². The van der Waals surface area contributed by atoms with Crippen LogP contribution in [0.25, 0.3) is 10.8 Å². The van der Waals surface area contributed by atoms with Gasteiger partial charge in [-0.25, -0.2) is 13.3 Å². The molecule has 2 amide bonds. The predicted octanol–water partition coefficient (Wildman–Crippen LogP) is 1.68. The summed E-state index contributed by atoms with van der Waals surface area (Å²) < 4.78 is 28.0. The van der Waals surface area contributed by atoms with Gasteiger partial charge in [-0.15, -0.1) is 0 Å². The molecule has 2 heterocycles. The summed E-state index contributed by atoms with van der Waals surface area (Å²) in [4.78, 5) is 28.6. The predicted molar refractivity (Wildman–Crippen MR) is 130 cm³/mol. The van der Waals surface area contributed by atoms with E-state index in [1.165, 1.54) is 9.21 Å². The maximum absolute atomic E-state index is 13.3. The summed E-state index contributed by atoms with van der Waals surface area (Å²) in [6, 6.07) is 18.1. The van der Waals surface area contributed by atoms with Crippen LogP contribution in [0.3, 0.4) is 0 Å². The van der Waals surface area contributed by atoms with Crippen LogP contribution in [0.15, 0.2) is 65.6 Å². The van der Waals surface area contributed by atoms with Crippen LogP contribution in [0, 0.1) is 13.8 Å². The average molecular weight is 479 g/mol. The van der Waals surface area contributed by atoms with Gasteiger partial charge in [-0.2, -0.15) is 4.31 Å². The number of carbonyl (C=O) groups is 2. The average Bonchev–Trinajstić information content (AvgIpc) is 3.12. The van der Waals surface area contributed by atoms with Crippen molar-refractivity contribution in [2.45, 2.75) is 31.2 Å². The van der Waals surface area contributed by atoms with E-state index < -0.39 is 16.1 Å². The lowest BCUT2D eigenvalue weighted by Gasteiger charge is -2.33. The second kappa shape index (κ2) is 8.61.